The standard InChI is InChI=1S/C10H16Br4/c11-7-3-1-4-8(12)10(14)6-2-5-9(7)13/h7-10H,1-6H2. The number of alkyl halides is 4. The summed E-state index contributed by atoms with van der Waals surface area (Å²) < 4.78 is 0. The Morgan fingerprint density at radius 1 is 0.500 bits per heavy atom. The van der Waals surface area contributed by atoms with E-state index in [1.807, 2.05) is 0 Å². The molecule has 0 aromatic heterocycles. The van der Waals surface area contributed by atoms with Crippen LogP contribution < -0.4 is 0 Å². The van der Waals surface area contributed by atoms with Crippen molar-refractivity contribution in [1.29, 1.82) is 0 Å². The third-order valence-corrected chi connectivity index (χ3v) is 8.51. The molecule has 1 aliphatic carbocycles. The molecular weight excluding hydrogens is 440 g/mol. The zero-order valence-electron chi connectivity index (χ0n) is 8.06. The number of hydrogen-bond acceptors (Lipinski definition) is 0. The van der Waals surface area contributed by atoms with Gasteiger partial charge in [0.25, 0.3) is 0 Å². The minimum Gasteiger partial charge on any atom is -0.0879 e. The van der Waals surface area contributed by atoms with E-state index in [1.54, 1.807) is 0 Å². The first-order valence-electron chi connectivity index (χ1n) is 5.17. The van der Waals surface area contributed by atoms with Crippen molar-refractivity contribution in [2.24, 2.45) is 0 Å². The monoisotopic (exact) mass is 452 g/mol. The molecule has 0 heterocycles. The van der Waals surface area contributed by atoms with Crippen LogP contribution in [0.3, 0.4) is 0 Å². The predicted octanol–water partition coefficient (Wildman–Crippen LogP) is 5.39. The molecule has 14 heavy (non-hydrogen) atoms. The first kappa shape index (κ1) is 14.0. The number of rotatable bonds is 0. The fourth-order valence-corrected chi connectivity index (χ4v) is 4.09. The van der Waals surface area contributed by atoms with Gasteiger partial charge in [0.2, 0.25) is 0 Å². The summed E-state index contributed by atoms with van der Waals surface area (Å²) in [5.41, 5.74) is 0. The van der Waals surface area contributed by atoms with Crippen molar-refractivity contribution in [2.75, 3.05) is 0 Å². The molecule has 0 N–H and O–H groups in total. The number of halogens is 4. The van der Waals surface area contributed by atoms with E-state index in [-0.39, 0.29) is 0 Å². The Bertz CT molecular complexity index is 128. The highest BCUT2D eigenvalue weighted by molar-refractivity contribution is 9.12. The van der Waals surface area contributed by atoms with Gasteiger partial charge in [-0.2, -0.15) is 0 Å². The maximum Gasteiger partial charge on any atom is 0.0271 e. The fourth-order valence-electron chi connectivity index (χ4n) is 1.74. The SMILES string of the molecule is BrC1CCCC(Br)C(Br)CCCC1Br. The van der Waals surface area contributed by atoms with Gasteiger partial charge >= 0.3 is 0 Å². The Kier molecular flexibility index (Phi) is 7.28. The molecule has 1 fully saturated rings. The first-order valence-corrected chi connectivity index (χ1v) is 8.84. The van der Waals surface area contributed by atoms with Crippen molar-refractivity contribution in [2.45, 2.75) is 57.8 Å². The van der Waals surface area contributed by atoms with Gasteiger partial charge in [0.15, 0.2) is 0 Å². The van der Waals surface area contributed by atoms with Gasteiger partial charge < -0.3 is 0 Å². The molecule has 1 rings (SSSR count). The topological polar surface area (TPSA) is 0 Å². The van der Waals surface area contributed by atoms with Crippen LogP contribution in [0.1, 0.15) is 38.5 Å². The molecule has 0 aromatic carbocycles. The van der Waals surface area contributed by atoms with E-state index in [1.165, 1.54) is 38.5 Å². The van der Waals surface area contributed by atoms with Gasteiger partial charge in [-0.05, 0) is 25.7 Å². The smallest absolute Gasteiger partial charge is 0.0271 e. The normalized spacial score (nSPS) is 42.0. The number of hydrogen-bond donors (Lipinski definition) is 0. The second-order valence-electron chi connectivity index (χ2n) is 3.93. The van der Waals surface area contributed by atoms with Gasteiger partial charge in [-0.25, -0.2) is 0 Å². The van der Waals surface area contributed by atoms with Gasteiger partial charge in [-0.1, -0.05) is 76.6 Å². The van der Waals surface area contributed by atoms with Crippen LogP contribution in [0.5, 0.6) is 0 Å². The van der Waals surface area contributed by atoms with Gasteiger partial charge in [0.1, 0.15) is 0 Å². The van der Waals surface area contributed by atoms with Crippen LogP contribution in [0.25, 0.3) is 0 Å². The minimum absolute atomic E-state index is 0.647. The third-order valence-electron chi connectivity index (χ3n) is 2.70. The molecule has 84 valence electrons. The summed E-state index contributed by atoms with van der Waals surface area (Å²) in [6.07, 6.45) is 7.71. The summed E-state index contributed by atoms with van der Waals surface area (Å²) in [6.45, 7) is 0. The van der Waals surface area contributed by atoms with Crippen LogP contribution in [0.15, 0.2) is 0 Å². The largest absolute Gasteiger partial charge is 0.0879 e. The molecule has 4 unspecified atom stereocenters. The third kappa shape index (κ3) is 4.84. The molecule has 0 amide bonds. The lowest BCUT2D eigenvalue weighted by Crippen LogP contribution is -2.20. The van der Waals surface area contributed by atoms with Crippen LogP contribution in [0, 0.1) is 0 Å². The van der Waals surface area contributed by atoms with Crippen molar-refractivity contribution >= 4 is 63.7 Å². The van der Waals surface area contributed by atoms with Crippen molar-refractivity contribution in [3.8, 4) is 0 Å². The maximum absolute atomic E-state index is 3.76. The van der Waals surface area contributed by atoms with Gasteiger partial charge in [0, 0.05) is 19.3 Å². The van der Waals surface area contributed by atoms with E-state index in [4.69, 9.17) is 0 Å². The summed E-state index contributed by atoms with van der Waals surface area (Å²) in [5.74, 6) is 0. The molecule has 0 nitrogen and oxygen atoms in total. The quantitative estimate of drug-likeness (QED) is 0.429. The fraction of sp³-hybridized carbons (Fsp3) is 1.00. The summed E-state index contributed by atoms with van der Waals surface area (Å²) in [7, 11) is 0. The van der Waals surface area contributed by atoms with E-state index in [2.05, 4.69) is 63.7 Å². The predicted molar refractivity (Wildman–Crippen MR) is 78.6 cm³/mol. The summed E-state index contributed by atoms with van der Waals surface area (Å²) in [6, 6.07) is 0. The van der Waals surface area contributed by atoms with Gasteiger partial charge in [-0.3, -0.25) is 0 Å². The molecule has 0 bridgehead atoms. The Morgan fingerprint density at radius 3 is 0.929 bits per heavy atom. The van der Waals surface area contributed by atoms with Crippen LogP contribution in [-0.2, 0) is 0 Å². The summed E-state index contributed by atoms with van der Waals surface area (Å²) in [5, 5.41) is 0. The van der Waals surface area contributed by atoms with Crippen LogP contribution in [-0.4, -0.2) is 19.3 Å². The highest BCUT2D eigenvalue weighted by Gasteiger charge is 2.21. The van der Waals surface area contributed by atoms with E-state index in [9.17, 15) is 0 Å². The van der Waals surface area contributed by atoms with Gasteiger partial charge in [-0.15, -0.1) is 0 Å². The van der Waals surface area contributed by atoms with Crippen LogP contribution >= 0.6 is 63.7 Å². The van der Waals surface area contributed by atoms with Crippen molar-refractivity contribution in [3.63, 3.8) is 0 Å². The molecule has 0 saturated heterocycles. The first-order chi connectivity index (χ1) is 6.61. The van der Waals surface area contributed by atoms with Crippen molar-refractivity contribution < 1.29 is 0 Å². The molecule has 4 heteroatoms. The molecule has 1 saturated carbocycles. The minimum atomic E-state index is 0.647. The second kappa shape index (κ2) is 7.29. The Labute approximate surface area is 120 Å². The van der Waals surface area contributed by atoms with Gasteiger partial charge in [0.05, 0.1) is 0 Å². The van der Waals surface area contributed by atoms with Crippen molar-refractivity contribution in [1.82, 2.24) is 0 Å². The molecule has 4 atom stereocenters. The van der Waals surface area contributed by atoms with E-state index >= 15 is 0 Å². The molecule has 0 radical (unpaired) electrons. The van der Waals surface area contributed by atoms with E-state index in [0.29, 0.717) is 19.3 Å². The molecule has 0 spiro atoms. The maximum atomic E-state index is 3.76. The summed E-state index contributed by atoms with van der Waals surface area (Å²) in [4.78, 5) is 2.59. The zero-order chi connectivity index (χ0) is 10.6. The van der Waals surface area contributed by atoms with Crippen LogP contribution in [0.4, 0.5) is 0 Å². The lowest BCUT2D eigenvalue weighted by Gasteiger charge is -2.23. The lowest BCUT2D eigenvalue weighted by atomic mass is 10.0. The molecule has 1 aliphatic rings. The molecule has 0 aromatic rings. The second-order valence-corrected chi connectivity index (χ2v) is 8.63. The highest BCUT2D eigenvalue weighted by Crippen LogP contribution is 2.31. The Hall–Kier alpha value is 1.92. The average Bonchev–Trinajstić information content (AvgIpc) is 2.15. The van der Waals surface area contributed by atoms with Crippen LogP contribution in [0.2, 0.25) is 0 Å². The average molecular weight is 456 g/mol. The van der Waals surface area contributed by atoms with E-state index in [0.717, 1.165) is 0 Å². The highest BCUT2D eigenvalue weighted by atomic mass is 79.9. The Balaban J connectivity index is 2.42. The molecular formula is C10H16Br4. The summed E-state index contributed by atoms with van der Waals surface area (Å²) >= 11 is 15.0. The lowest BCUT2D eigenvalue weighted by molar-refractivity contribution is 0.546. The Morgan fingerprint density at radius 2 is 0.714 bits per heavy atom. The zero-order valence-corrected chi connectivity index (χ0v) is 14.4. The molecule has 0 aliphatic heterocycles. The van der Waals surface area contributed by atoms with E-state index < -0.39 is 0 Å². The van der Waals surface area contributed by atoms with Crippen molar-refractivity contribution in [3.05, 3.63) is 0 Å².